The number of carbonyl (C=O) groups excluding carboxylic acids is 2. The first-order valence-electron chi connectivity index (χ1n) is 8.99. The zero-order chi connectivity index (χ0) is 18.7. The average Bonchev–Trinajstić information content (AvgIpc) is 2.62. The summed E-state index contributed by atoms with van der Waals surface area (Å²) in [5, 5.41) is 2.82. The van der Waals surface area contributed by atoms with Crippen LogP contribution in [0.2, 0.25) is 0 Å². The summed E-state index contributed by atoms with van der Waals surface area (Å²) in [5.74, 6) is 0.125. The zero-order valence-electron chi connectivity index (χ0n) is 15.4. The second-order valence-electron chi connectivity index (χ2n) is 6.68. The van der Waals surface area contributed by atoms with E-state index in [2.05, 4.69) is 31.0 Å². The molecule has 5 nitrogen and oxygen atoms in total. The molecule has 0 aliphatic carbocycles. The van der Waals surface area contributed by atoms with Crippen molar-refractivity contribution in [2.24, 2.45) is 0 Å². The molecule has 3 rings (SSSR count). The predicted octanol–water partition coefficient (Wildman–Crippen LogP) is 4.03. The second kappa shape index (κ2) is 7.60. The summed E-state index contributed by atoms with van der Waals surface area (Å²) < 4.78 is 5.50. The number of fused-ring (bicyclic) bond motifs is 1. The van der Waals surface area contributed by atoms with Gasteiger partial charge in [0.05, 0.1) is 5.56 Å². The fourth-order valence-electron chi connectivity index (χ4n) is 3.22. The number of aryl methyl sites for hydroxylation is 1. The van der Waals surface area contributed by atoms with Crippen LogP contribution in [0.4, 0.5) is 11.4 Å². The van der Waals surface area contributed by atoms with E-state index in [-0.39, 0.29) is 11.9 Å². The lowest BCUT2D eigenvalue weighted by Gasteiger charge is -2.27. The largest absolute Gasteiger partial charge is 0.423 e. The van der Waals surface area contributed by atoms with Crippen LogP contribution in [0.15, 0.2) is 42.5 Å². The standard InChI is InChI=1S/C21H24N2O3/c1-4-23(14(2)3)17-8-5-15(6-9-17)21(25)26-18-10-11-19-16(13-18)7-12-20(24)22-19/h5-6,8-11,13-14H,4,7,12H2,1-3H3,(H,22,24). The van der Waals surface area contributed by atoms with E-state index >= 15 is 0 Å². The van der Waals surface area contributed by atoms with E-state index in [4.69, 9.17) is 4.74 Å². The minimum atomic E-state index is -0.385. The van der Waals surface area contributed by atoms with E-state index in [0.29, 0.717) is 30.2 Å². The van der Waals surface area contributed by atoms with Crippen molar-refractivity contribution in [2.45, 2.75) is 39.7 Å². The molecule has 0 atom stereocenters. The number of ether oxygens (including phenoxy) is 1. The highest BCUT2D eigenvalue weighted by molar-refractivity contribution is 5.94. The first kappa shape index (κ1) is 18.0. The van der Waals surface area contributed by atoms with Gasteiger partial charge in [-0.3, -0.25) is 4.79 Å². The van der Waals surface area contributed by atoms with Crippen molar-refractivity contribution < 1.29 is 14.3 Å². The molecule has 5 heteroatoms. The van der Waals surface area contributed by atoms with Crippen LogP contribution in [0.5, 0.6) is 5.75 Å². The van der Waals surface area contributed by atoms with Crippen molar-refractivity contribution in [1.82, 2.24) is 0 Å². The van der Waals surface area contributed by atoms with Gasteiger partial charge in [-0.2, -0.15) is 0 Å². The van der Waals surface area contributed by atoms with Crippen molar-refractivity contribution in [3.05, 3.63) is 53.6 Å². The molecule has 0 aromatic heterocycles. The molecule has 1 aliphatic heterocycles. The molecule has 0 saturated carbocycles. The number of rotatable bonds is 5. The van der Waals surface area contributed by atoms with Crippen LogP contribution < -0.4 is 15.0 Å². The minimum Gasteiger partial charge on any atom is -0.423 e. The Balaban J connectivity index is 1.71. The van der Waals surface area contributed by atoms with Crippen LogP contribution in [0, 0.1) is 0 Å². The van der Waals surface area contributed by atoms with Gasteiger partial charge in [0.1, 0.15) is 5.75 Å². The van der Waals surface area contributed by atoms with Crippen LogP contribution in [0.25, 0.3) is 0 Å². The first-order chi connectivity index (χ1) is 12.5. The lowest BCUT2D eigenvalue weighted by molar-refractivity contribution is -0.116. The number of nitrogens with zero attached hydrogens (tertiary/aromatic N) is 1. The number of esters is 1. The fraction of sp³-hybridized carbons (Fsp3) is 0.333. The third-order valence-corrected chi connectivity index (χ3v) is 4.58. The molecule has 0 saturated heterocycles. The van der Waals surface area contributed by atoms with Gasteiger partial charge in [0.15, 0.2) is 0 Å². The smallest absolute Gasteiger partial charge is 0.343 e. The highest BCUT2D eigenvalue weighted by atomic mass is 16.5. The number of anilines is 2. The third kappa shape index (κ3) is 3.87. The van der Waals surface area contributed by atoms with Crippen LogP contribution in [0.1, 0.15) is 43.1 Å². The van der Waals surface area contributed by atoms with Gasteiger partial charge >= 0.3 is 5.97 Å². The maximum Gasteiger partial charge on any atom is 0.343 e. The van der Waals surface area contributed by atoms with Crippen LogP contribution in [0.3, 0.4) is 0 Å². The number of carbonyl (C=O) groups is 2. The Hall–Kier alpha value is -2.82. The molecule has 1 N–H and O–H groups in total. The monoisotopic (exact) mass is 352 g/mol. The number of benzene rings is 2. The Morgan fingerprint density at radius 2 is 1.88 bits per heavy atom. The molecule has 1 aliphatic rings. The Labute approximate surface area is 154 Å². The highest BCUT2D eigenvalue weighted by Crippen LogP contribution is 2.27. The van der Waals surface area contributed by atoms with E-state index in [1.807, 2.05) is 18.2 Å². The number of hydrogen-bond donors (Lipinski definition) is 1. The fourth-order valence-corrected chi connectivity index (χ4v) is 3.22. The molecule has 136 valence electrons. The third-order valence-electron chi connectivity index (χ3n) is 4.58. The van der Waals surface area contributed by atoms with Crippen molar-refractivity contribution in [1.29, 1.82) is 0 Å². The van der Waals surface area contributed by atoms with Crippen molar-refractivity contribution in [3.63, 3.8) is 0 Å². The molecular formula is C21H24N2O3. The summed E-state index contributed by atoms with van der Waals surface area (Å²) in [4.78, 5) is 26.1. The molecule has 0 unspecified atom stereocenters. The van der Waals surface area contributed by atoms with Gasteiger partial charge in [0, 0.05) is 30.4 Å². The van der Waals surface area contributed by atoms with Gasteiger partial charge in [-0.15, -0.1) is 0 Å². The quantitative estimate of drug-likeness (QED) is 0.652. The average molecular weight is 352 g/mol. The Morgan fingerprint density at radius 1 is 1.15 bits per heavy atom. The van der Waals surface area contributed by atoms with Gasteiger partial charge in [0.25, 0.3) is 0 Å². The summed E-state index contributed by atoms with van der Waals surface area (Å²) in [6.45, 7) is 7.31. The van der Waals surface area contributed by atoms with Crippen molar-refractivity contribution in [3.8, 4) is 5.75 Å². The van der Waals surface area contributed by atoms with E-state index in [1.165, 1.54) is 0 Å². The maximum absolute atomic E-state index is 12.4. The summed E-state index contributed by atoms with van der Waals surface area (Å²) in [7, 11) is 0. The molecule has 0 radical (unpaired) electrons. The van der Waals surface area contributed by atoms with E-state index in [9.17, 15) is 9.59 Å². The maximum atomic E-state index is 12.4. The van der Waals surface area contributed by atoms with Gasteiger partial charge in [0.2, 0.25) is 5.91 Å². The van der Waals surface area contributed by atoms with Crippen LogP contribution in [-0.2, 0) is 11.2 Å². The van der Waals surface area contributed by atoms with Crippen molar-refractivity contribution in [2.75, 3.05) is 16.8 Å². The topological polar surface area (TPSA) is 58.6 Å². The molecule has 0 spiro atoms. The van der Waals surface area contributed by atoms with Gasteiger partial charge < -0.3 is 15.0 Å². The van der Waals surface area contributed by atoms with Crippen LogP contribution in [-0.4, -0.2) is 24.5 Å². The minimum absolute atomic E-state index is 0.0184. The lowest BCUT2D eigenvalue weighted by Crippen LogP contribution is -2.30. The van der Waals surface area contributed by atoms with Gasteiger partial charge in [-0.1, -0.05) is 0 Å². The highest BCUT2D eigenvalue weighted by Gasteiger charge is 2.17. The van der Waals surface area contributed by atoms with E-state index < -0.39 is 0 Å². The molecule has 0 bridgehead atoms. The van der Waals surface area contributed by atoms with E-state index in [1.54, 1.807) is 24.3 Å². The Kier molecular flexibility index (Phi) is 5.26. The van der Waals surface area contributed by atoms with E-state index in [0.717, 1.165) is 23.5 Å². The summed E-state index contributed by atoms with van der Waals surface area (Å²) in [6.07, 6.45) is 1.11. The summed E-state index contributed by atoms with van der Waals surface area (Å²) in [6, 6.07) is 13.2. The Morgan fingerprint density at radius 3 is 2.54 bits per heavy atom. The van der Waals surface area contributed by atoms with Gasteiger partial charge in [-0.25, -0.2) is 4.79 Å². The second-order valence-corrected chi connectivity index (χ2v) is 6.68. The summed E-state index contributed by atoms with van der Waals surface area (Å²) in [5.41, 5.74) is 3.38. The molecule has 2 aromatic carbocycles. The van der Waals surface area contributed by atoms with Crippen LogP contribution >= 0.6 is 0 Å². The molecule has 1 amide bonds. The Bertz CT molecular complexity index is 813. The summed E-state index contributed by atoms with van der Waals surface area (Å²) >= 11 is 0. The molecular weight excluding hydrogens is 328 g/mol. The zero-order valence-corrected chi connectivity index (χ0v) is 15.4. The molecule has 26 heavy (non-hydrogen) atoms. The lowest BCUT2D eigenvalue weighted by atomic mass is 10.0. The number of nitrogens with one attached hydrogen (secondary N) is 1. The molecule has 1 heterocycles. The van der Waals surface area contributed by atoms with Crippen molar-refractivity contribution >= 4 is 23.3 Å². The van der Waals surface area contributed by atoms with Gasteiger partial charge in [-0.05, 0) is 75.2 Å². The number of amides is 1. The predicted molar refractivity (Wildman–Crippen MR) is 103 cm³/mol. The molecule has 0 fully saturated rings. The SMILES string of the molecule is CCN(c1ccc(C(=O)Oc2ccc3c(c2)CCC(=O)N3)cc1)C(C)C. The first-order valence-corrected chi connectivity index (χ1v) is 8.99. The number of hydrogen-bond acceptors (Lipinski definition) is 4. The normalized spacial score (nSPS) is 13.2. The molecule has 2 aromatic rings.